The zero-order valence-corrected chi connectivity index (χ0v) is 16.0. The van der Waals surface area contributed by atoms with Gasteiger partial charge in [-0.25, -0.2) is 0 Å². The minimum atomic E-state index is -0.328. The number of hydrogen-bond acceptors (Lipinski definition) is 3. The predicted molar refractivity (Wildman–Crippen MR) is 107 cm³/mol. The maximum absolute atomic E-state index is 13.1. The van der Waals surface area contributed by atoms with Gasteiger partial charge in [-0.2, -0.15) is 0 Å². The molecule has 1 spiro atoms. The second-order valence-corrected chi connectivity index (χ2v) is 7.76. The Balaban J connectivity index is 1.56. The number of ether oxygens (including phenoxy) is 1. The molecule has 27 heavy (non-hydrogen) atoms. The van der Waals surface area contributed by atoms with Crippen LogP contribution in [0.1, 0.15) is 36.5 Å². The number of likely N-dealkylation sites (tertiary alicyclic amines) is 1. The van der Waals surface area contributed by atoms with E-state index in [1.54, 1.807) is 0 Å². The van der Waals surface area contributed by atoms with Gasteiger partial charge in [0.2, 0.25) is 5.91 Å². The number of nitrogens with zero attached hydrogens (tertiary/aromatic N) is 1. The molecule has 1 amide bonds. The summed E-state index contributed by atoms with van der Waals surface area (Å²) >= 11 is 0. The SMILES string of the molecule is CCOc1ccccc1CN1CCCC2(Cc3ccccc3CNC2=O)C1. The van der Waals surface area contributed by atoms with Gasteiger partial charge in [-0.3, -0.25) is 9.69 Å². The number of piperidine rings is 1. The molecule has 2 aliphatic heterocycles. The van der Waals surface area contributed by atoms with Crippen molar-refractivity contribution in [1.82, 2.24) is 10.2 Å². The molecule has 4 nitrogen and oxygen atoms in total. The van der Waals surface area contributed by atoms with Gasteiger partial charge in [0.05, 0.1) is 12.0 Å². The Morgan fingerprint density at radius 2 is 1.89 bits per heavy atom. The van der Waals surface area contributed by atoms with E-state index in [0.29, 0.717) is 13.2 Å². The van der Waals surface area contributed by atoms with E-state index >= 15 is 0 Å². The Labute approximate surface area is 161 Å². The zero-order chi connectivity index (χ0) is 18.7. The summed E-state index contributed by atoms with van der Waals surface area (Å²) in [7, 11) is 0. The van der Waals surface area contributed by atoms with Gasteiger partial charge in [0.15, 0.2) is 0 Å². The quantitative estimate of drug-likeness (QED) is 0.902. The van der Waals surface area contributed by atoms with Crippen LogP contribution in [-0.4, -0.2) is 30.5 Å². The van der Waals surface area contributed by atoms with Crippen molar-refractivity contribution < 1.29 is 9.53 Å². The van der Waals surface area contributed by atoms with E-state index in [0.717, 1.165) is 44.6 Å². The third-order valence-electron chi connectivity index (χ3n) is 5.89. The van der Waals surface area contributed by atoms with Crippen molar-refractivity contribution >= 4 is 5.91 Å². The summed E-state index contributed by atoms with van der Waals surface area (Å²) < 4.78 is 5.80. The maximum Gasteiger partial charge on any atom is 0.228 e. The van der Waals surface area contributed by atoms with E-state index in [-0.39, 0.29) is 11.3 Å². The lowest BCUT2D eigenvalue weighted by Crippen LogP contribution is -2.51. The predicted octanol–water partition coefficient (Wildman–Crippen LogP) is 3.54. The first kappa shape index (κ1) is 18.1. The van der Waals surface area contributed by atoms with Gasteiger partial charge in [-0.05, 0) is 49.9 Å². The highest BCUT2D eigenvalue weighted by atomic mass is 16.5. The fourth-order valence-electron chi connectivity index (χ4n) is 4.57. The highest BCUT2D eigenvalue weighted by molar-refractivity contribution is 5.84. The lowest BCUT2D eigenvalue weighted by molar-refractivity contribution is -0.134. The van der Waals surface area contributed by atoms with Gasteiger partial charge in [-0.15, -0.1) is 0 Å². The Bertz CT molecular complexity index is 820. The maximum atomic E-state index is 13.1. The average molecular weight is 364 g/mol. The number of nitrogens with one attached hydrogen (secondary N) is 1. The molecule has 1 fully saturated rings. The molecule has 1 atom stereocenters. The first-order valence-corrected chi connectivity index (χ1v) is 9.98. The lowest BCUT2D eigenvalue weighted by atomic mass is 9.74. The number of amides is 1. The second kappa shape index (κ2) is 7.73. The van der Waals surface area contributed by atoms with Crippen molar-refractivity contribution in [2.75, 3.05) is 19.7 Å². The third-order valence-corrected chi connectivity index (χ3v) is 5.89. The molecule has 4 rings (SSSR count). The van der Waals surface area contributed by atoms with E-state index in [4.69, 9.17) is 4.74 Å². The van der Waals surface area contributed by atoms with Crippen LogP contribution in [0, 0.1) is 5.41 Å². The van der Waals surface area contributed by atoms with Crippen LogP contribution >= 0.6 is 0 Å². The fraction of sp³-hybridized carbons (Fsp3) is 0.435. The molecule has 0 bridgehead atoms. The number of carbonyl (C=O) groups excluding carboxylic acids is 1. The molecule has 1 saturated heterocycles. The minimum Gasteiger partial charge on any atom is -0.494 e. The molecular formula is C23H28N2O2. The van der Waals surface area contributed by atoms with Crippen LogP contribution in [0.4, 0.5) is 0 Å². The van der Waals surface area contributed by atoms with Crippen LogP contribution in [0.25, 0.3) is 0 Å². The van der Waals surface area contributed by atoms with Crippen molar-refractivity contribution in [3.05, 3.63) is 65.2 Å². The Morgan fingerprint density at radius 3 is 2.74 bits per heavy atom. The highest BCUT2D eigenvalue weighted by Gasteiger charge is 2.43. The average Bonchev–Trinajstić information content (AvgIpc) is 2.81. The molecule has 2 heterocycles. The summed E-state index contributed by atoms with van der Waals surface area (Å²) in [4.78, 5) is 15.5. The molecule has 1 unspecified atom stereocenters. The molecule has 2 aromatic carbocycles. The van der Waals surface area contributed by atoms with Crippen molar-refractivity contribution in [2.24, 2.45) is 5.41 Å². The standard InChI is InChI=1S/C23H28N2O2/c1-2-27-21-11-6-5-10-20(21)16-25-13-7-12-23(17-25)14-18-8-3-4-9-19(18)15-24-22(23)26/h3-6,8-11H,2,7,12-17H2,1H3,(H,24,26). The number of rotatable bonds is 4. The number of fused-ring (bicyclic) bond motifs is 1. The van der Waals surface area contributed by atoms with E-state index in [1.165, 1.54) is 16.7 Å². The topological polar surface area (TPSA) is 41.6 Å². The largest absolute Gasteiger partial charge is 0.494 e. The lowest BCUT2D eigenvalue weighted by Gasteiger charge is -2.41. The molecule has 2 aromatic rings. The van der Waals surface area contributed by atoms with Crippen molar-refractivity contribution in [2.45, 2.75) is 39.3 Å². The van der Waals surface area contributed by atoms with Crippen LogP contribution in [0.3, 0.4) is 0 Å². The number of benzene rings is 2. The number of para-hydroxylation sites is 1. The van der Waals surface area contributed by atoms with Gasteiger partial charge in [0.1, 0.15) is 5.75 Å². The summed E-state index contributed by atoms with van der Waals surface area (Å²) in [5.41, 5.74) is 3.44. The summed E-state index contributed by atoms with van der Waals surface area (Å²) in [6.07, 6.45) is 2.84. The summed E-state index contributed by atoms with van der Waals surface area (Å²) in [5.74, 6) is 1.16. The van der Waals surface area contributed by atoms with Crippen LogP contribution in [-0.2, 0) is 24.3 Å². The van der Waals surface area contributed by atoms with Crippen molar-refractivity contribution in [3.63, 3.8) is 0 Å². The Hall–Kier alpha value is -2.33. The van der Waals surface area contributed by atoms with E-state index < -0.39 is 0 Å². The minimum absolute atomic E-state index is 0.210. The second-order valence-electron chi connectivity index (χ2n) is 7.76. The Morgan fingerprint density at radius 1 is 1.11 bits per heavy atom. The van der Waals surface area contributed by atoms with Crippen LogP contribution in [0.2, 0.25) is 0 Å². The van der Waals surface area contributed by atoms with E-state index in [1.807, 2.05) is 19.1 Å². The van der Waals surface area contributed by atoms with Gasteiger partial charge >= 0.3 is 0 Å². The molecule has 0 aromatic heterocycles. The smallest absolute Gasteiger partial charge is 0.228 e. The molecule has 0 aliphatic carbocycles. The summed E-state index contributed by atoms with van der Waals surface area (Å²) in [5, 5.41) is 3.19. The summed E-state index contributed by atoms with van der Waals surface area (Å²) in [6, 6.07) is 16.7. The molecule has 0 saturated carbocycles. The van der Waals surface area contributed by atoms with Gasteiger partial charge in [0, 0.05) is 25.2 Å². The molecular weight excluding hydrogens is 336 g/mol. The van der Waals surface area contributed by atoms with Gasteiger partial charge in [0.25, 0.3) is 0 Å². The van der Waals surface area contributed by atoms with Gasteiger partial charge in [-0.1, -0.05) is 42.5 Å². The molecule has 142 valence electrons. The first-order valence-electron chi connectivity index (χ1n) is 9.98. The van der Waals surface area contributed by atoms with Crippen molar-refractivity contribution in [1.29, 1.82) is 0 Å². The van der Waals surface area contributed by atoms with Crippen LogP contribution < -0.4 is 10.1 Å². The molecule has 2 aliphatic rings. The van der Waals surface area contributed by atoms with Crippen LogP contribution in [0.15, 0.2) is 48.5 Å². The van der Waals surface area contributed by atoms with E-state index in [9.17, 15) is 4.79 Å². The monoisotopic (exact) mass is 364 g/mol. The normalized spacial score (nSPS) is 22.8. The zero-order valence-electron chi connectivity index (χ0n) is 16.0. The number of carbonyl (C=O) groups is 1. The highest BCUT2D eigenvalue weighted by Crippen LogP contribution is 2.37. The number of hydrogen-bond donors (Lipinski definition) is 1. The molecule has 4 heteroatoms. The Kier molecular flexibility index (Phi) is 5.17. The van der Waals surface area contributed by atoms with E-state index in [2.05, 4.69) is 46.6 Å². The third kappa shape index (κ3) is 3.72. The van der Waals surface area contributed by atoms with Crippen molar-refractivity contribution in [3.8, 4) is 5.75 Å². The van der Waals surface area contributed by atoms with Crippen LogP contribution in [0.5, 0.6) is 5.75 Å². The summed E-state index contributed by atoms with van der Waals surface area (Å²) in [6.45, 7) is 5.97. The fourth-order valence-corrected chi connectivity index (χ4v) is 4.57. The molecule has 0 radical (unpaired) electrons. The molecule has 1 N–H and O–H groups in total. The first-order chi connectivity index (χ1) is 13.2. The van der Waals surface area contributed by atoms with Gasteiger partial charge < -0.3 is 10.1 Å².